The number of halogens is 1. The van der Waals surface area contributed by atoms with Crippen LogP contribution in [0.5, 0.6) is 0 Å². The summed E-state index contributed by atoms with van der Waals surface area (Å²) in [5.74, 6) is -2.01. The second kappa shape index (κ2) is 17.4. The van der Waals surface area contributed by atoms with Gasteiger partial charge in [0.2, 0.25) is 0 Å². The van der Waals surface area contributed by atoms with Gasteiger partial charge in [-0.25, -0.2) is 4.79 Å². The molecule has 10 unspecified atom stereocenters. The maximum Gasteiger partial charge on any atom is 0.411 e. The Morgan fingerprint density at radius 3 is 2.56 bits per heavy atom. The van der Waals surface area contributed by atoms with Gasteiger partial charge in [-0.2, -0.15) is 0 Å². The lowest BCUT2D eigenvalue weighted by Gasteiger charge is -2.50. The number of esters is 1. The van der Waals surface area contributed by atoms with Gasteiger partial charge in [0, 0.05) is 30.0 Å². The Kier molecular flexibility index (Phi) is 13.4. The fourth-order valence-corrected chi connectivity index (χ4v) is 10.1. The quantitative estimate of drug-likeness (QED) is 0.164. The SMILES string of the molecule is CCC1OC2(CCC1C)CC1CC(CC=C(C)CC(C)C=CC=C3COC4C(O[Si](C)(C)C(C)(C)C)C(COC(=O)Nc5ccc(Cl)cc5)=CC(C(=O)O1)C34O)O2. The van der Waals surface area contributed by atoms with Crippen molar-refractivity contribution in [2.45, 2.75) is 153 Å². The number of rotatable bonds is 6. The molecule has 314 valence electrons. The molecule has 4 aliphatic heterocycles. The van der Waals surface area contributed by atoms with Crippen LogP contribution in [0.25, 0.3) is 0 Å². The average molecular weight is 827 g/mol. The number of allylic oxidation sites excluding steroid dienone is 4. The first kappa shape index (κ1) is 43.8. The van der Waals surface area contributed by atoms with Crippen LogP contribution in [0.2, 0.25) is 23.2 Å². The Bertz CT molecular complexity index is 1750. The third-order valence-corrected chi connectivity index (χ3v) is 17.7. The zero-order valence-electron chi connectivity index (χ0n) is 35.3. The number of benzene rings is 1. The van der Waals surface area contributed by atoms with E-state index in [0.717, 1.165) is 19.3 Å². The number of carbonyl (C=O) groups excluding carboxylic acids is 2. The van der Waals surface area contributed by atoms with Gasteiger partial charge >= 0.3 is 12.1 Å². The largest absolute Gasteiger partial charge is 0.462 e. The molecule has 10 atom stereocenters. The number of anilines is 1. The molecule has 0 aromatic heterocycles. The van der Waals surface area contributed by atoms with Gasteiger partial charge in [0.25, 0.3) is 0 Å². The monoisotopic (exact) mass is 825 g/mol. The van der Waals surface area contributed by atoms with Gasteiger partial charge in [0.05, 0.1) is 24.9 Å². The Morgan fingerprint density at radius 1 is 1.12 bits per heavy atom. The summed E-state index contributed by atoms with van der Waals surface area (Å²) in [6, 6.07) is 6.71. The van der Waals surface area contributed by atoms with Crippen molar-refractivity contribution in [3.8, 4) is 0 Å². The molecule has 1 spiro atoms. The Labute approximate surface area is 345 Å². The number of carbonyl (C=O) groups is 2. The summed E-state index contributed by atoms with van der Waals surface area (Å²) in [7, 11) is -2.53. The van der Waals surface area contributed by atoms with Crippen LogP contribution in [0.4, 0.5) is 10.5 Å². The molecule has 2 N–H and O–H groups in total. The molecule has 1 aromatic carbocycles. The van der Waals surface area contributed by atoms with Gasteiger partial charge in [0.15, 0.2) is 14.1 Å². The van der Waals surface area contributed by atoms with Crippen molar-refractivity contribution >= 4 is 37.7 Å². The predicted octanol–water partition coefficient (Wildman–Crippen LogP) is 9.84. The molecular weight excluding hydrogens is 762 g/mol. The van der Waals surface area contributed by atoms with Crippen molar-refractivity contribution in [3.63, 3.8) is 0 Å². The Hall–Kier alpha value is -2.77. The first-order valence-electron chi connectivity index (χ1n) is 20.8. The average Bonchev–Trinajstić information content (AvgIpc) is 3.47. The molecule has 57 heavy (non-hydrogen) atoms. The molecule has 2 bridgehead atoms. The molecule has 4 heterocycles. The third-order valence-electron chi connectivity index (χ3n) is 13.0. The van der Waals surface area contributed by atoms with E-state index >= 15 is 0 Å². The number of amides is 1. The fourth-order valence-electron chi connectivity index (χ4n) is 8.71. The molecule has 3 fully saturated rings. The highest BCUT2D eigenvalue weighted by atomic mass is 35.5. The number of fused-ring (bicyclic) bond motifs is 2. The standard InChI is InChI=1S/C45H64ClNO9Si/c1-10-38-30(4)20-21-44(55-38)25-36-24-35(54-44)19-14-29(3)22-28(2)12-11-13-32-27-51-40-39(56-57(8,9)43(5,6)7)31(23-37(41(48)53-36)45(32,40)50)26-52-42(49)47-34-17-15-33(46)16-18-34/h11-18,23,28,30,35-40,50H,10,19-22,24-27H2,1-9H3,(H,47,49). The first-order valence-corrected chi connectivity index (χ1v) is 24.1. The van der Waals surface area contributed by atoms with Crippen molar-refractivity contribution in [3.05, 3.63) is 76.4 Å². The van der Waals surface area contributed by atoms with Gasteiger partial charge in [0.1, 0.15) is 30.3 Å². The summed E-state index contributed by atoms with van der Waals surface area (Å²) in [5.41, 5.74) is 1.07. The molecule has 10 nitrogen and oxygen atoms in total. The number of aliphatic hydroxyl groups is 1. The second-order valence-corrected chi connectivity index (χ2v) is 23.7. The van der Waals surface area contributed by atoms with Crippen LogP contribution >= 0.6 is 11.6 Å². The third kappa shape index (κ3) is 9.83. The number of hydrogen-bond donors (Lipinski definition) is 2. The van der Waals surface area contributed by atoms with E-state index in [1.54, 1.807) is 30.3 Å². The summed E-state index contributed by atoms with van der Waals surface area (Å²) in [5, 5.41) is 16.2. The lowest BCUT2D eigenvalue weighted by molar-refractivity contribution is -0.335. The van der Waals surface area contributed by atoms with Crippen molar-refractivity contribution in [1.29, 1.82) is 0 Å². The molecule has 3 saturated heterocycles. The minimum Gasteiger partial charge on any atom is -0.462 e. The maximum atomic E-state index is 14.8. The lowest BCUT2D eigenvalue weighted by Crippen LogP contribution is -2.61. The zero-order valence-corrected chi connectivity index (χ0v) is 37.0. The summed E-state index contributed by atoms with van der Waals surface area (Å²) in [6.45, 7) is 19.2. The predicted molar refractivity (Wildman–Crippen MR) is 224 cm³/mol. The topological polar surface area (TPSA) is 122 Å². The number of hydrogen-bond acceptors (Lipinski definition) is 9. The second-order valence-electron chi connectivity index (χ2n) is 18.6. The van der Waals surface area contributed by atoms with Crippen LogP contribution in [0.1, 0.15) is 93.4 Å². The van der Waals surface area contributed by atoms with Gasteiger partial charge in [-0.05, 0) is 98.0 Å². The van der Waals surface area contributed by atoms with Crippen LogP contribution in [-0.2, 0) is 32.9 Å². The van der Waals surface area contributed by atoms with E-state index in [2.05, 4.69) is 79.0 Å². The molecule has 5 aliphatic rings. The van der Waals surface area contributed by atoms with Crippen LogP contribution < -0.4 is 5.32 Å². The van der Waals surface area contributed by atoms with E-state index in [-0.39, 0.29) is 36.4 Å². The van der Waals surface area contributed by atoms with Crippen molar-refractivity contribution in [1.82, 2.24) is 0 Å². The van der Waals surface area contributed by atoms with E-state index < -0.39 is 56.0 Å². The number of ether oxygens (including phenoxy) is 5. The molecule has 1 aliphatic carbocycles. The van der Waals surface area contributed by atoms with E-state index in [0.29, 0.717) is 53.5 Å². The maximum absolute atomic E-state index is 14.8. The number of nitrogens with one attached hydrogen (secondary N) is 1. The summed E-state index contributed by atoms with van der Waals surface area (Å²) in [4.78, 5) is 28.0. The molecular formula is C45H64ClNO9Si. The van der Waals surface area contributed by atoms with E-state index in [1.165, 1.54) is 5.57 Å². The van der Waals surface area contributed by atoms with Crippen molar-refractivity contribution in [2.24, 2.45) is 17.8 Å². The smallest absolute Gasteiger partial charge is 0.411 e. The van der Waals surface area contributed by atoms with E-state index in [1.807, 2.05) is 12.2 Å². The van der Waals surface area contributed by atoms with Crippen molar-refractivity contribution in [2.75, 3.05) is 18.5 Å². The molecule has 1 aromatic rings. The molecule has 1 amide bonds. The summed E-state index contributed by atoms with van der Waals surface area (Å²) in [6.07, 6.45) is 11.7. The highest BCUT2D eigenvalue weighted by Gasteiger charge is 2.62. The normalized spacial score (nSPS) is 35.1. The molecule has 0 saturated carbocycles. The van der Waals surface area contributed by atoms with Gasteiger partial charge in [-0.15, -0.1) is 0 Å². The minimum atomic E-state index is -2.53. The van der Waals surface area contributed by atoms with Crippen LogP contribution in [0, 0.1) is 17.8 Å². The Morgan fingerprint density at radius 2 is 1.86 bits per heavy atom. The van der Waals surface area contributed by atoms with Crippen LogP contribution in [0.3, 0.4) is 0 Å². The van der Waals surface area contributed by atoms with E-state index in [9.17, 15) is 14.7 Å². The summed E-state index contributed by atoms with van der Waals surface area (Å²) < 4.78 is 39.5. The van der Waals surface area contributed by atoms with Gasteiger partial charge in [-0.3, -0.25) is 10.1 Å². The minimum absolute atomic E-state index is 0.0417. The van der Waals surface area contributed by atoms with Gasteiger partial charge < -0.3 is 33.2 Å². The first-order chi connectivity index (χ1) is 26.8. The van der Waals surface area contributed by atoms with Crippen molar-refractivity contribution < 1.29 is 42.8 Å². The molecule has 0 radical (unpaired) electrons. The molecule has 6 rings (SSSR count). The van der Waals surface area contributed by atoms with Crippen LogP contribution in [0.15, 0.2) is 71.4 Å². The Balaban J connectivity index is 1.39. The fraction of sp³-hybridized carbons (Fsp3) is 0.644. The molecule has 12 heteroatoms. The highest BCUT2D eigenvalue weighted by molar-refractivity contribution is 6.74. The van der Waals surface area contributed by atoms with Gasteiger partial charge in [-0.1, -0.05) is 89.1 Å². The summed E-state index contributed by atoms with van der Waals surface area (Å²) >= 11 is 6.05. The highest BCUT2D eigenvalue weighted by Crippen LogP contribution is 2.50. The zero-order chi connectivity index (χ0) is 41.3. The lowest BCUT2D eigenvalue weighted by atomic mass is 9.70. The van der Waals surface area contributed by atoms with Crippen LogP contribution in [-0.4, -0.2) is 80.6 Å². The van der Waals surface area contributed by atoms with E-state index in [4.69, 9.17) is 39.7 Å².